The minimum Gasteiger partial charge on any atom is -0.256 e. The maximum atomic E-state index is 4.98. The molecule has 120 valence electrons. The van der Waals surface area contributed by atoms with Gasteiger partial charge in [0, 0.05) is 22.5 Å². The van der Waals surface area contributed by atoms with Gasteiger partial charge in [-0.15, -0.1) is 0 Å². The van der Waals surface area contributed by atoms with E-state index in [-0.39, 0.29) is 0 Å². The maximum absolute atomic E-state index is 4.98. The van der Waals surface area contributed by atoms with Gasteiger partial charge in [0.05, 0.1) is 16.7 Å². The maximum Gasteiger partial charge on any atom is 0.0809 e. The van der Waals surface area contributed by atoms with Crippen LogP contribution in [0.25, 0.3) is 39.1 Å². The van der Waals surface area contributed by atoms with Crippen molar-refractivity contribution in [3.63, 3.8) is 0 Å². The molecule has 0 aliphatic carbocycles. The lowest BCUT2D eigenvalue weighted by Crippen LogP contribution is -1.94. The van der Waals surface area contributed by atoms with Crippen molar-refractivity contribution < 1.29 is 0 Å². The van der Waals surface area contributed by atoms with E-state index in [0.29, 0.717) is 0 Å². The van der Waals surface area contributed by atoms with Crippen LogP contribution in [0.15, 0.2) is 79.5 Å². The number of benzene rings is 2. The van der Waals surface area contributed by atoms with Crippen LogP contribution in [0.1, 0.15) is 11.1 Å². The van der Waals surface area contributed by atoms with Crippen molar-refractivity contribution in [3.05, 3.63) is 90.7 Å². The minimum absolute atomic E-state index is 0.973. The lowest BCUT2D eigenvalue weighted by molar-refractivity contribution is 1.35. The van der Waals surface area contributed by atoms with Gasteiger partial charge in [0.2, 0.25) is 0 Å². The number of allylic oxidation sites excluding steroid dienone is 2. The number of rotatable bonds is 3. The van der Waals surface area contributed by atoms with E-state index in [0.717, 1.165) is 44.2 Å². The summed E-state index contributed by atoms with van der Waals surface area (Å²) in [6.45, 7) is 5.90. The van der Waals surface area contributed by atoms with E-state index in [9.17, 15) is 0 Å². The van der Waals surface area contributed by atoms with Gasteiger partial charge in [-0.05, 0) is 36.2 Å². The number of hydrogen-bond donors (Lipinski definition) is 0. The van der Waals surface area contributed by atoms with Gasteiger partial charge in [-0.2, -0.15) is 0 Å². The van der Waals surface area contributed by atoms with Crippen LogP contribution in [0.3, 0.4) is 0 Å². The summed E-state index contributed by atoms with van der Waals surface area (Å²) < 4.78 is 0. The lowest BCUT2D eigenvalue weighted by atomic mass is 9.96. The Kier molecular flexibility index (Phi) is 3.87. The third kappa shape index (κ3) is 2.62. The molecule has 4 rings (SSSR count). The van der Waals surface area contributed by atoms with Crippen LogP contribution in [0, 0.1) is 6.92 Å². The Bertz CT molecular complexity index is 1110. The van der Waals surface area contributed by atoms with Gasteiger partial charge < -0.3 is 0 Å². The van der Waals surface area contributed by atoms with Gasteiger partial charge in [-0.25, -0.2) is 4.98 Å². The SMILES string of the molecule is C=C/C=C\c1c(C)c2ncccc2c2nc(-c3ccccc3)ccc12. The van der Waals surface area contributed by atoms with Crippen molar-refractivity contribution in [3.8, 4) is 11.3 Å². The average molecular weight is 322 g/mol. The zero-order valence-corrected chi connectivity index (χ0v) is 14.1. The highest BCUT2D eigenvalue weighted by Gasteiger charge is 2.12. The Morgan fingerprint density at radius 1 is 0.880 bits per heavy atom. The molecule has 0 saturated heterocycles. The number of nitrogens with zero attached hydrogens (tertiary/aromatic N) is 2. The molecule has 2 nitrogen and oxygen atoms in total. The van der Waals surface area contributed by atoms with Gasteiger partial charge in [0.25, 0.3) is 0 Å². The fourth-order valence-electron chi connectivity index (χ4n) is 3.26. The lowest BCUT2D eigenvalue weighted by Gasteiger charge is -2.12. The van der Waals surface area contributed by atoms with E-state index in [4.69, 9.17) is 4.98 Å². The molecule has 2 heteroatoms. The summed E-state index contributed by atoms with van der Waals surface area (Å²) in [5.41, 5.74) is 6.38. The van der Waals surface area contributed by atoms with Crippen LogP contribution < -0.4 is 0 Å². The van der Waals surface area contributed by atoms with E-state index in [1.807, 2.05) is 36.5 Å². The first-order chi connectivity index (χ1) is 12.3. The third-order valence-corrected chi connectivity index (χ3v) is 4.48. The number of aromatic nitrogens is 2. The molecule has 2 aromatic carbocycles. The van der Waals surface area contributed by atoms with E-state index in [1.54, 1.807) is 6.08 Å². The predicted octanol–water partition coefficient (Wildman–Crippen LogP) is 5.96. The minimum atomic E-state index is 0.973. The average Bonchev–Trinajstić information content (AvgIpc) is 2.68. The molecular weight excluding hydrogens is 304 g/mol. The summed E-state index contributed by atoms with van der Waals surface area (Å²) in [7, 11) is 0. The van der Waals surface area contributed by atoms with Crippen molar-refractivity contribution in [1.29, 1.82) is 0 Å². The second kappa shape index (κ2) is 6.33. The van der Waals surface area contributed by atoms with Crippen molar-refractivity contribution in [2.45, 2.75) is 6.92 Å². The number of fused-ring (bicyclic) bond motifs is 3. The van der Waals surface area contributed by atoms with Crippen molar-refractivity contribution in [2.75, 3.05) is 0 Å². The first-order valence-electron chi connectivity index (χ1n) is 8.32. The first kappa shape index (κ1) is 15.3. The van der Waals surface area contributed by atoms with Gasteiger partial charge in [-0.3, -0.25) is 4.98 Å². The number of aryl methyl sites for hydroxylation is 1. The van der Waals surface area contributed by atoms with E-state index in [2.05, 4.69) is 54.9 Å². The van der Waals surface area contributed by atoms with Gasteiger partial charge in [-0.1, -0.05) is 61.2 Å². The molecule has 2 aromatic heterocycles. The van der Waals surface area contributed by atoms with E-state index in [1.165, 1.54) is 0 Å². The van der Waals surface area contributed by atoms with Gasteiger partial charge in [0.15, 0.2) is 0 Å². The van der Waals surface area contributed by atoms with Crippen LogP contribution in [0.2, 0.25) is 0 Å². The Morgan fingerprint density at radius 3 is 2.52 bits per heavy atom. The summed E-state index contributed by atoms with van der Waals surface area (Å²) in [5, 5.41) is 2.22. The highest BCUT2D eigenvalue weighted by Crippen LogP contribution is 2.32. The van der Waals surface area contributed by atoms with Crippen LogP contribution >= 0.6 is 0 Å². The molecule has 0 aliphatic heterocycles. The Morgan fingerprint density at radius 2 is 1.72 bits per heavy atom. The van der Waals surface area contributed by atoms with Crippen molar-refractivity contribution in [2.24, 2.45) is 0 Å². The Balaban J connectivity index is 2.10. The van der Waals surface area contributed by atoms with Gasteiger partial charge >= 0.3 is 0 Å². The molecular formula is C23H18N2. The Labute approximate surface area is 147 Å². The summed E-state index contributed by atoms with van der Waals surface area (Å²) in [5.74, 6) is 0. The summed E-state index contributed by atoms with van der Waals surface area (Å²) in [6, 6.07) is 18.6. The quantitative estimate of drug-likeness (QED) is 0.344. The normalized spacial score (nSPS) is 11.4. The molecule has 0 aliphatic rings. The molecule has 25 heavy (non-hydrogen) atoms. The zero-order valence-electron chi connectivity index (χ0n) is 14.1. The van der Waals surface area contributed by atoms with Crippen LogP contribution in [-0.2, 0) is 0 Å². The third-order valence-electron chi connectivity index (χ3n) is 4.48. The summed E-state index contributed by atoms with van der Waals surface area (Å²) >= 11 is 0. The van der Waals surface area contributed by atoms with Crippen molar-refractivity contribution >= 4 is 27.9 Å². The first-order valence-corrected chi connectivity index (χ1v) is 8.32. The van der Waals surface area contributed by atoms with Gasteiger partial charge in [0.1, 0.15) is 0 Å². The fourth-order valence-corrected chi connectivity index (χ4v) is 3.26. The van der Waals surface area contributed by atoms with E-state index < -0.39 is 0 Å². The largest absolute Gasteiger partial charge is 0.256 e. The number of pyridine rings is 2. The highest BCUT2D eigenvalue weighted by atomic mass is 14.7. The molecule has 0 N–H and O–H groups in total. The second-order valence-corrected chi connectivity index (χ2v) is 5.99. The van der Waals surface area contributed by atoms with Crippen LogP contribution in [-0.4, -0.2) is 9.97 Å². The van der Waals surface area contributed by atoms with Crippen LogP contribution in [0.5, 0.6) is 0 Å². The molecule has 0 atom stereocenters. The molecule has 0 saturated carbocycles. The van der Waals surface area contributed by atoms with Crippen molar-refractivity contribution in [1.82, 2.24) is 9.97 Å². The fraction of sp³-hybridized carbons (Fsp3) is 0.0435. The molecule has 0 radical (unpaired) electrons. The monoisotopic (exact) mass is 322 g/mol. The summed E-state index contributed by atoms with van der Waals surface area (Å²) in [6.07, 6.45) is 7.67. The molecule has 0 amide bonds. The topological polar surface area (TPSA) is 25.8 Å². The molecule has 0 fully saturated rings. The highest BCUT2D eigenvalue weighted by molar-refractivity contribution is 6.09. The molecule has 0 bridgehead atoms. The Hall–Kier alpha value is -3.26. The molecule has 2 heterocycles. The second-order valence-electron chi connectivity index (χ2n) is 5.99. The molecule has 4 aromatic rings. The molecule has 0 spiro atoms. The number of hydrogen-bond acceptors (Lipinski definition) is 2. The predicted molar refractivity (Wildman–Crippen MR) is 106 cm³/mol. The standard InChI is InChI=1S/C23H18N2/c1-3-4-11-18-16(2)22-20(12-8-15-24-22)23-19(18)13-14-21(25-23)17-9-6-5-7-10-17/h3-15H,1H2,2H3/b11-4-. The van der Waals surface area contributed by atoms with Crippen LogP contribution in [0.4, 0.5) is 0 Å². The zero-order chi connectivity index (χ0) is 17.2. The summed E-state index contributed by atoms with van der Waals surface area (Å²) in [4.78, 5) is 9.59. The molecule has 0 unspecified atom stereocenters. The van der Waals surface area contributed by atoms with E-state index >= 15 is 0 Å². The smallest absolute Gasteiger partial charge is 0.0809 e.